The second kappa shape index (κ2) is 5.50. The zero-order valence-electron chi connectivity index (χ0n) is 10.7. The van der Waals surface area contributed by atoms with Crippen molar-refractivity contribution < 1.29 is 9.84 Å². The van der Waals surface area contributed by atoms with E-state index < -0.39 is 0 Å². The predicted octanol–water partition coefficient (Wildman–Crippen LogP) is 2.21. The first-order valence-electron chi connectivity index (χ1n) is 6.92. The lowest BCUT2D eigenvalue weighted by Crippen LogP contribution is -2.37. The van der Waals surface area contributed by atoms with Crippen molar-refractivity contribution in [2.45, 2.75) is 52.1 Å². The van der Waals surface area contributed by atoms with Crippen LogP contribution in [0.1, 0.15) is 46.0 Å². The van der Waals surface area contributed by atoms with Gasteiger partial charge in [0.15, 0.2) is 0 Å². The molecule has 2 unspecified atom stereocenters. The Balaban J connectivity index is 2.04. The van der Waals surface area contributed by atoms with Crippen molar-refractivity contribution >= 4 is 0 Å². The topological polar surface area (TPSA) is 32.3 Å². The van der Waals surface area contributed by atoms with Crippen molar-refractivity contribution in [2.75, 3.05) is 13.2 Å². The molecule has 94 valence electrons. The van der Waals surface area contributed by atoms with Crippen LogP contribution in [0.25, 0.3) is 0 Å². The summed E-state index contributed by atoms with van der Waals surface area (Å²) in [5.41, 5.74) is 0. The van der Waals surface area contributed by atoms with E-state index in [1.54, 1.807) is 0 Å². The molecule has 2 nitrogen and oxygen atoms in total. The molecule has 0 aromatic rings. The number of hydrogen-bond acceptors (Lipinski definition) is 2. The smallest absolute Gasteiger partial charge is 0.0547 e. The Morgan fingerprint density at radius 3 is 2.81 bits per heavy atom. The van der Waals surface area contributed by atoms with Gasteiger partial charge < -0.3 is 9.84 Å². The molecule has 0 radical (unpaired) electrons. The highest BCUT2D eigenvalue weighted by molar-refractivity contribution is 4.86. The second-order valence-electron chi connectivity index (χ2n) is 5.88. The number of hydrogen-bond donors (Lipinski definition) is 0. The number of ether oxygens (including phenoxy) is 1. The predicted molar refractivity (Wildman–Crippen MR) is 63.0 cm³/mol. The van der Waals surface area contributed by atoms with Gasteiger partial charge in [0.1, 0.15) is 0 Å². The molecule has 1 saturated carbocycles. The van der Waals surface area contributed by atoms with Gasteiger partial charge in [-0.2, -0.15) is 0 Å². The molecule has 0 aromatic heterocycles. The van der Waals surface area contributed by atoms with Gasteiger partial charge in [0, 0.05) is 0 Å². The van der Waals surface area contributed by atoms with Crippen molar-refractivity contribution in [3.8, 4) is 0 Å². The molecule has 2 rings (SSSR count). The van der Waals surface area contributed by atoms with E-state index in [1.165, 1.54) is 32.1 Å². The Morgan fingerprint density at radius 2 is 2.06 bits per heavy atom. The minimum atomic E-state index is 0.0867. The molecule has 1 saturated heterocycles. The summed E-state index contributed by atoms with van der Waals surface area (Å²) in [4.78, 5) is 0. The van der Waals surface area contributed by atoms with E-state index in [2.05, 4.69) is 13.8 Å². The molecular weight excluding hydrogens is 200 g/mol. The number of rotatable bonds is 2. The lowest BCUT2D eigenvalue weighted by molar-refractivity contribution is -0.382. The van der Waals surface area contributed by atoms with E-state index in [0.29, 0.717) is 23.9 Å². The molecule has 2 fully saturated rings. The van der Waals surface area contributed by atoms with E-state index in [4.69, 9.17) is 4.74 Å². The summed E-state index contributed by atoms with van der Waals surface area (Å²) in [6, 6.07) is 0. The van der Waals surface area contributed by atoms with E-state index in [1.807, 2.05) is 0 Å². The highest BCUT2D eigenvalue weighted by Gasteiger charge is 2.36. The molecule has 0 N–H and O–H groups in total. The van der Waals surface area contributed by atoms with Crippen LogP contribution in [0, 0.1) is 23.7 Å². The highest BCUT2D eigenvalue weighted by atomic mass is 16.5. The lowest BCUT2D eigenvalue weighted by Gasteiger charge is -2.41. The molecule has 0 bridgehead atoms. The fraction of sp³-hybridized carbons (Fsp3) is 1.00. The molecule has 2 heteroatoms. The quantitative estimate of drug-likeness (QED) is 0.721. The van der Waals surface area contributed by atoms with Gasteiger partial charge in [-0.05, 0) is 43.9 Å². The van der Waals surface area contributed by atoms with Gasteiger partial charge in [-0.1, -0.05) is 25.7 Å². The first kappa shape index (κ1) is 12.4. The van der Waals surface area contributed by atoms with E-state index in [9.17, 15) is 5.11 Å². The van der Waals surface area contributed by atoms with Crippen LogP contribution in [0.3, 0.4) is 0 Å². The Morgan fingerprint density at radius 1 is 1.25 bits per heavy atom. The Bertz CT molecular complexity index is 217. The monoisotopic (exact) mass is 225 g/mol. The lowest BCUT2D eigenvalue weighted by atomic mass is 9.67. The maximum atomic E-state index is 11.1. The van der Waals surface area contributed by atoms with Gasteiger partial charge in [0.05, 0.1) is 12.7 Å². The first-order valence-corrected chi connectivity index (χ1v) is 6.92. The average Bonchev–Trinajstić information content (AvgIpc) is 2.50. The van der Waals surface area contributed by atoms with Crippen LogP contribution in [0.5, 0.6) is 0 Å². The Labute approximate surface area is 99.4 Å². The van der Waals surface area contributed by atoms with Crippen molar-refractivity contribution in [1.82, 2.24) is 0 Å². The molecule has 5 atom stereocenters. The molecular formula is C14H25O2-. The summed E-state index contributed by atoms with van der Waals surface area (Å²) in [6.45, 7) is 5.31. The summed E-state index contributed by atoms with van der Waals surface area (Å²) in [5, 5.41) is 11.1. The van der Waals surface area contributed by atoms with Crippen molar-refractivity contribution in [3.05, 3.63) is 0 Å². The molecule has 1 heterocycles. The summed E-state index contributed by atoms with van der Waals surface area (Å²) in [7, 11) is 0. The molecule has 1 aliphatic carbocycles. The maximum absolute atomic E-state index is 11.1. The molecule has 0 amide bonds. The van der Waals surface area contributed by atoms with Crippen molar-refractivity contribution in [1.29, 1.82) is 0 Å². The third kappa shape index (κ3) is 2.60. The van der Waals surface area contributed by atoms with Crippen LogP contribution < -0.4 is 5.11 Å². The van der Waals surface area contributed by atoms with Crippen LogP contribution in [-0.2, 0) is 4.74 Å². The van der Waals surface area contributed by atoms with Crippen LogP contribution in [0.2, 0.25) is 0 Å². The fourth-order valence-corrected chi connectivity index (χ4v) is 3.65. The van der Waals surface area contributed by atoms with E-state index in [-0.39, 0.29) is 6.61 Å². The van der Waals surface area contributed by atoms with Gasteiger partial charge in [0.2, 0.25) is 0 Å². The maximum Gasteiger partial charge on any atom is 0.0547 e. The standard InChI is InChI=1S/C14H25O2/c1-10(8-15)13-5-3-4-12-7-6-11(2)16-9-14(12)13/h10-14H,3-9H2,1-2H3/q-1/t10-,11?,12+,13-,14?/m0/s1. The molecule has 0 spiro atoms. The summed E-state index contributed by atoms with van der Waals surface area (Å²) in [5.74, 6) is 2.46. The van der Waals surface area contributed by atoms with Gasteiger partial charge in [-0.25, -0.2) is 0 Å². The van der Waals surface area contributed by atoms with Crippen molar-refractivity contribution in [2.24, 2.45) is 23.7 Å². The third-order valence-corrected chi connectivity index (χ3v) is 4.78. The summed E-state index contributed by atoms with van der Waals surface area (Å²) < 4.78 is 5.90. The zero-order chi connectivity index (χ0) is 11.5. The normalized spacial score (nSPS) is 42.2. The molecule has 0 aromatic carbocycles. The van der Waals surface area contributed by atoms with Gasteiger partial charge in [0.25, 0.3) is 0 Å². The summed E-state index contributed by atoms with van der Waals surface area (Å²) in [6.07, 6.45) is 6.89. The largest absolute Gasteiger partial charge is 0.854 e. The Hall–Kier alpha value is -0.0800. The van der Waals surface area contributed by atoms with Crippen LogP contribution in [-0.4, -0.2) is 19.3 Å². The SMILES string of the molecule is CC1CC[C@H]2CCC[C@@H]([C@@H](C)C[O-])C2CO1. The van der Waals surface area contributed by atoms with Crippen LogP contribution in [0.4, 0.5) is 0 Å². The minimum Gasteiger partial charge on any atom is -0.854 e. The zero-order valence-corrected chi connectivity index (χ0v) is 10.7. The van der Waals surface area contributed by atoms with Crippen LogP contribution >= 0.6 is 0 Å². The summed E-state index contributed by atoms with van der Waals surface area (Å²) >= 11 is 0. The number of fused-ring (bicyclic) bond motifs is 1. The molecule has 2 aliphatic rings. The molecule has 1 aliphatic heterocycles. The van der Waals surface area contributed by atoms with E-state index in [0.717, 1.165) is 12.5 Å². The fourth-order valence-electron chi connectivity index (χ4n) is 3.65. The Kier molecular flexibility index (Phi) is 4.26. The minimum absolute atomic E-state index is 0.0867. The van der Waals surface area contributed by atoms with Gasteiger partial charge >= 0.3 is 0 Å². The average molecular weight is 225 g/mol. The van der Waals surface area contributed by atoms with Crippen molar-refractivity contribution in [3.63, 3.8) is 0 Å². The highest BCUT2D eigenvalue weighted by Crippen LogP contribution is 2.42. The third-order valence-electron chi connectivity index (χ3n) is 4.78. The molecule has 16 heavy (non-hydrogen) atoms. The van der Waals surface area contributed by atoms with E-state index >= 15 is 0 Å². The van der Waals surface area contributed by atoms with Gasteiger partial charge in [-0.3, -0.25) is 0 Å². The second-order valence-corrected chi connectivity index (χ2v) is 5.88. The van der Waals surface area contributed by atoms with Gasteiger partial charge in [-0.15, -0.1) is 6.61 Å². The van der Waals surface area contributed by atoms with Crippen LogP contribution in [0.15, 0.2) is 0 Å². The first-order chi connectivity index (χ1) is 7.72.